The van der Waals surface area contributed by atoms with Gasteiger partial charge in [-0.15, -0.1) is 13.2 Å². The minimum absolute atomic E-state index is 0.102. The van der Waals surface area contributed by atoms with Gasteiger partial charge in [0.2, 0.25) is 5.91 Å². The number of pyridine rings is 1. The number of amides is 1. The molecule has 1 amide bonds. The average molecular weight is 948 g/mol. The molecule has 11 nitrogen and oxygen atoms in total. The molecule has 1 fully saturated rings. The molecule has 0 radical (unpaired) electrons. The number of allylic oxidation sites excluding steroid dienone is 4. The van der Waals surface area contributed by atoms with Gasteiger partial charge in [-0.05, 0) is 121 Å². The minimum atomic E-state index is -0.355. The number of aliphatic imine (C=N–C) groups is 1. The number of ether oxygens (including phenoxy) is 1. The summed E-state index contributed by atoms with van der Waals surface area (Å²) in [6.07, 6.45) is 18.1. The molecule has 2 aromatic heterocycles. The van der Waals surface area contributed by atoms with E-state index < -0.39 is 0 Å². The lowest BCUT2D eigenvalue weighted by Gasteiger charge is -2.48. The van der Waals surface area contributed by atoms with Crippen LogP contribution in [0.2, 0.25) is 0 Å². The van der Waals surface area contributed by atoms with Crippen molar-refractivity contribution in [2.24, 2.45) is 33.7 Å². The number of likely N-dealkylation sites (tertiary alicyclic amines) is 1. The molecular formula is C58H93N9O2. The van der Waals surface area contributed by atoms with Crippen molar-refractivity contribution in [3.8, 4) is 23.1 Å². The van der Waals surface area contributed by atoms with Crippen LogP contribution >= 0.6 is 0 Å². The fourth-order valence-corrected chi connectivity index (χ4v) is 8.82. The van der Waals surface area contributed by atoms with E-state index in [4.69, 9.17) is 20.4 Å². The largest absolute Gasteiger partial charge is 0.375 e. The summed E-state index contributed by atoms with van der Waals surface area (Å²) in [7, 11) is 5.62. The molecular weight excluding hydrogens is 855 g/mol. The van der Waals surface area contributed by atoms with Crippen LogP contribution in [0, 0.1) is 23.2 Å². The highest BCUT2D eigenvalue weighted by Crippen LogP contribution is 2.42. The van der Waals surface area contributed by atoms with Gasteiger partial charge in [0, 0.05) is 74.8 Å². The Hall–Kier alpha value is -5.41. The first-order valence-corrected chi connectivity index (χ1v) is 25.1. The fourth-order valence-electron chi connectivity index (χ4n) is 8.82. The standard InChI is InChI=1S/C39H55N3O.C17H28N4O.C2H6.H4N2/c1-10-14-16-17-18-19-21-29(5)41-35(12-3)31-23-24-36-33(27-31)34(28-39(7,8)25-15-11-2)38(42(36)13-4)32-22-20-26-40-37(32)30(6)43-9;1-8-9-13(4)21-10-15(11-21)19(6)14(5)20(7)16(12(2)3)17(18)22;2*1-2/h10-12,20,22-24,26-27,30H,1-2,13-19,21,25,28H2,3-9H3;12,15-16H,4-5,10-11H2,1-3,6-7H3,(H2,18,22);1-2H3;1-2H2/b35-12-,41-29?;;;. The second kappa shape index (κ2) is 31.7. The summed E-state index contributed by atoms with van der Waals surface area (Å²) in [4.78, 5) is 27.7. The van der Waals surface area contributed by atoms with Crippen molar-refractivity contribution in [1.29, 1.82) is 0 Å². The Labute approximate surface area is 419 Å². The maximum Gasteiger partial charge on any atom is 0.240 e. The zero-order chi connectivity index (χ0) is 52.4. The van der Waals surface area contributed by atoms with E-state index in [1.807, 2.05) is 71.1 Å². The van der Waals surface area contributed by atoms with E-state index in [-0.39, 0.29) is 29.4 Å². The molecule has 3 heterocycles. The number of hydrazine groups is 1. The lowest BCUT2D eigenvalue weighted by molar-refractivity contribution is -0.124. The number of carbonyl (C=O) groups is 1. The van der Waals surface area contributed by atoms with Gasteiger partial charge in [-0.1, -0.05) is 104 Å². The molecule has 0 saturated carbocycles. The van der Waals surface area contributed by atoms with E-state index in [0.717, 1.165) is 80.2 Å². The molecule has 382 valence electrons. The zero-order valence-corrected chi connectivity index (χ0v) is 45.6. The molecule has 1 aliphatic rings. The van der Waals surface area contributed by atoms with Gasteiger partial charge in [-0.2, -0.15) is 0 Å². The van der Waals surface area contributed by atoms with Gasteiger partial charge in [-0.3, -0.25) is 26.5 Å². The number of hydrogen-bond donors (Lipinski definition) is 3. The van der Waals surface area contributed by atoms with E-state index in [1.165, 1.54) is 59.1 Å². The third kappa shape index (κ3) is 17.8. The van der Waals surface area contributed by atoms with Crippen LogP contribution in [0.1, 0.15) is 150 Å². The Bertz CT molecular complexity index is 2210. The first kappa shape index (κ1) is 61.6. The highest BCUT2D eigenvalue weighted by atomic mass is 16.5. The number of primary amides is 1. The molecule has 1 aliphatic heterocycles. The minimum Gasteiger partial charge on any atom is -0.375 e. The van der Waals surface area contributed by atoms with Gasteiger partial charge < -0.3 is 29.7 Å². The predicted molar refractivity (Wildman–Crippen MR) is 298 cm³/mol. The molecule has 2 unspecified atom stereocenters. The summed E-state index contributed by atoms with van der Waals surface area (Å²) in [5.41, 5.74) is 15.9. The van der Waals surface area contributed by atoms with Crippen molar-refractivity contribution < 1.29 is 9.53 Å². The summed E-state index contributed by atoms with van der Waals surface area (Å²) in [5.74, 6) is 14.4. The fraction of sp³-hybridized carbons (Fsp3) is 0.534. The highest BCUT2D eigenvalue weighted by Gasteiger charge is 2.34. The molecule has 4 rings (SSSR count). The van der Waals surface area contributed by atoms with Crippen LogP contribution in [-0.4, -0.2) is 82.2 Å². The maximum absolute atomic E-state index is 11.7. The molecule has 11 heteroatoms. The van der Waals surface area contributed by atoms with E-state index in [0.29, 0.717) is 6.04 Å². The summed E-state index contributed by atoms with van der Waals surface area (Å²) >= 11 is 0. The molecule has 2 atom stereocenters. The number of aromatic nitrogens is 2. The van der Waals surface area contributed by atoms with Gasteiger partial charge in [0.15, 0.2) is 0 Å². The first-order valence-electron chi connectivity index (χ1n) is 25.1. The Kier molecular flexibility index (Phi) is 28.3. The monoisotopic (exact) mass is 948 g/mol. The van der Waals surface area contributed by atoms with Gasteiger partial charge in [-0.25, -0.2) is 0 Å². The number of rotatable bonds is 25. The number of methoxy groups -OCH3 is 1. The van der Waals surface area contributed by atoms with Gasteiger partial charge in [0.25, 0.3) is 0 Å². The van der Waals surface area contributed by atoms with Crippen molar-refractivity contribution in [3.05, 3.63) is 109 Å². The van der Waals surface area contributed by atoms with Crippen molar-refractivity contribution in [3.63, 3.8) is 0 Å². The molecule has 3 aromatic rings. The lowest BCUT2D eigenvalue weighted by atomic mass is 9.80. The third-order valence-electron chi connectivity index (χ3n) is 12.8. The van der Waals surface area contributed by atoms with Crippen LogP contribution in [0.3, 0.4) is 0 Å². The summed E-state index contributed by atoms with van der Waals surface area (Å²) < 4.78 is 8.25. The van der Waals surface area contributed by atoms with Gasteiger partial charge >= 0.3 is 0 Å². The average Bonchev–Trinajstić information content (AvgIpc) is 3.62. The Morgan fingerprint density at radius 2 is 1.68 bits per heavy atom. The SMILES string of the molecule is C=C(C#CC)N1CC(N(C)C(=C)N(C)C(C(N)=O)C(C)C)C1.C=CCCCCCCC(C)=N/C(=C\C)c1ccc2c(c1)c(CC(C)(C)CCC=C)c(-c1cccnc1C(C)OC)n2CC.CC.NN. The zero-order valence-electron chi connectivity index (χ0n) is 45.6. The molecule has 0 aliphatic carbocycles. The smallest absolute Gasteiger partial charge is 0.240 e. The van der Waals surface area contributed by atoms with Crippen molar-refractivity contribution >= 4 is 28.2 Å². The number of benzene rings is 1. The van der Waals surface area contributed by atoms with Crippen LogP contribution in [0.4, 0.5) is 0 Å². The molecule has 69 heavy (non-hydrogen) atoms. The van der Waals surface area contributed by atoms with Gasteiger partial charge in [0.05, 0.1) is 40.7 Å². The summed E-state index contributed by atoms with van der Waals surface area (Å²) in [6.45, 7) is 41.6. The maximum atomic E-state index is 11.7. The normalized spacial score (nSPS) is 13.5. The van der Waals surface area contributed by atoms with E-state index in [1.54, 1.807) is 14.0 Å². The van der Waals surface area contributed by atoms with Crippen LogP contribution in [0.5, 0.6) is 0 Å². The van der Waals surface area contributed by atoms with Crippen molar-refractivity contribution in [2.45, 2.75) is 159 Å². The first-order chi connectivity index (χ1) is 32.9. The van der Waals surface area contributed by atoms with Crippen LogP contribution in [-0.2, 0) is 22.5 Å². The molecule has 6 N–H and O–H groups in total. The number of nitrogens with zero attached hydrogens (tertiary/aromatic N) is 6. The van der Waals surface area contributed by atoms with E-state index in [2.05, 4.69) is 136 Å². The van der Waals surface area contributed by atoms with E-state index >= 15 is 0 Å². The number of carbonyl (C=O) groups excluding carboxylic acids is 1. The second-order valence-electron chi connectivity index (χ2n) is 18.7. The Morgan fingerprint density at radius 3 is 2.23 bits per heavy atom. The number of unbranched alkanes of at least 4 members (excludes halogenated alkanes) is 4. The van der Waals surface area contributed by atoms with Gasteiger partial charge in [0.1, 0.15) is 6.04 Å². The predicted octanol–water partition coefficient (Wildman–Crippen LogP) is 12.2. The molecule has 1 saturated heterocycles. The number of fused-ring (bicyclic) bond motifs is 1. The molecule has 0 bridgehead atoms. The van der Waals surface area contributed by atoms with E-state index in [9.17, 15) is 4.79 Å². The summed E-state index contributed by atoms with van der Waals surface area (Å²) in [6, 6.07) is 11.2. The third-order valence-corrected chi connectivity index (χ3v) is 12.8. The Balaban J connectivity index is 0.000000769. The highest BCUT2D eigenvalue weighted by molar-refractivity contribution is 5.95. The number of nitrogens with two attached hydrogens (primary N) is 3. The number of aryl methyl sites for hydroxylation is 1. The number of likely N-dealkylation sites (N-methyl/N-ethyl adjacent to an activating group) is 2. The second-order valence-corrected chi connectivity index (χ2v) is 18.7. The van der Waals surface area contributed by atoms with Crippen LogP contribution in [0.15, 0.2) is 97.6 Å². The van der Waals surface area contributed by atoms with Crippen LogP contribution < -0.4 is 17.4 Å². The topological polar surface area (TPSA) is 144 Å². The lowest BCUT2D eigenvalue weighted by Crippen LogP contribution is -2.59. The molecule has 1 aromatic carbocycles. The quantitative estimate of drug-likeness (QED) is 0.0190. The van der Waals surface area contributed by atoms with Crippen molar-refractivity contribution in [1.82, 2.24) is 24.3 Å². The van der Waals surface area contributed by atoms with Crippen molar-refractivity contribution in [2.75, 3.05) is 34.3 Å². The molecule has 0 spiro atoms. The summed E-state index contributed by atoms with van der Waals surface area (Å²) in [5, 5.41) is 1.30. The van der Waals surface area contributed by atoms with Crippen LogP contribution in [0.25, 0.3) is 27.9 Å². The number of hydrogen-bond acceptors (Lipinski definition) is 9. The Morgan fingerprint density at radius 1 is 1.04 bits per heavy atom.